The number of carbonyl (C=O) groups is 1. The van der Waals surface area contributed by atoms with Crippen molar-refractivity contribution >= 4 is 17.4 Å². The Kier molecular flexibility index (Phi) is 4.60. The number of ether oxygens (including phenoxy) is 2. The first-order valence-electron chi connectivity index (χ1n) is 4.88. The fourth-order valence-corrected chi connectivity index (χ4v) is 1.75. The van der Waals surface area contributed by atoms with Crippen molar-refractivity contribution in [1.82, 2.24) is 5.32 Å². The molecule has 1 aromatic rings. The number of ketones is 1. The van der Waals surface area contributed by atoms with Crippen LogP contribution in [0.25, 0.3) is 0 Å². The Hall–Kier alpha value is -1.46. The van der Waals surface area contributed by atoms with Gasteiger partial charge in [-0.15, -0.1) is 0 Å². The van der Waals surface area contributed by atoms with Crippen LogP contribution in [-0.4, -0.2) is 38.7 Å². The predicted molar refractivity (Wildman–Crippen MR) is 64.5 cm³/mol. The van der Waals surface area contributed by atoms with Gasteiger partial charge in [0.2, 0.25) is 5.75 Å². The molecule has 1 aromatic carbocycles. The second kappa shape index (κ2) is 5.75. The van der Waals surface area contributed by atoms with Crippen molar-refractivity contribution < 1.29 is 19.4 Å². The molecule has 94 valence electrons. The molecule has 0 aliphatic heterocycles. The minimum atomic E-state index is -0.323. The van der Waals surface area contributed by atoms with Gasteiger partial charge in [0.05, 0.1) is 31.4 Å². The van der Waals surface area contributed by atoms with Crippen LogP contribution in [0.15, 0.2) is 6.07 Å². The van der Waals surface area contributed by atoms with Crippen LogP contribution in [0.4, 0.5) is 0 Å². The fourth-order valence-electron chi connectivity index (χ4n) is 1.46. The summed E-state index contributed by atoms with van der Waals surface area (Å²) in [6.45, 7) is 0.0722. The standard InChI is InChI=1S/C11H14ClNO4/c1-13-5-7(14)9-6(12)4-8(16-2)11(17-3)10(9)15/h4,13,15H,5H2,1-3H3. The highest BCUT2D eigenvalue weighted by atomic mass is 35.5. The molecular formula is C11H14ClNO4. The Balaban J connectivity index is 3.36. The van der Waals surface area contributed by atoms with Gasteiger partial charge >= 0.3 is 0 Å². The number of nitrogens with one attached hydrogen (secondary N) is 1. The van der Waals surface area contributed by atoms with E-state index < -0.39 is 0 Å². The lowest BCUT2D eigenvalue weighted by Gasteiger charge is -2.13. The molecule has 0 atom stereocenters. The first-order chi connectivity index (χ1) is 8.06. The molecule has 0 saturated heterocycles. The van der Waals surface area contributed by atoms with E-state index in [-0.39, 0.29) is 40.2 Å². The zero-order valence-corrected chi connectivity index (χ0v) is 10.6. The van der Waals surface area contributed by atoms with Crippen molar-refractivity contribution in [2.24, 2.45) is 0 Å². The van der Waals surface area contributed by atoms with Crippen LogP contribution in [0.1, 0.15) is 10.4 Å². The summed E-state index contributed by atoms with van der Waals surface area (Å²) < 4.78 is 9.98. The third kappa shape index (κ3) is 2.62. The quantitative estimate of drug-likeness (QED) is 0.784. The summed E-state index contributed by atoms with van der Waals surface area (Å²) >= 11 is 5.93. The lowest BCUT2D eigenvalue weighted by molar-refractivity contribution is 0.0990. The lowest BCUT2D eigenvalue weighted by Crippen LogP contribution is -2.19. The molecule has 0 radical (unpaired) electrons. The number of aromatic hydroxyl groups is 1. The number of hydrogen-bond acceptors (Lipinski definition) is 5. The molecule has 0 heterocycles. The number of methoxy groups -OCH3 is 2. The Morgan fingerprint density at radius 3 is 2.59 bits per heavy atom. The molecule has 2 N–H and O–H groups in total. The second-order valence-corrected chi connectivity index (χ2v) is 3.68. The topological polar surface area (TPSA) is 67.8 Å². The number of rotatable bonds is 5. The van der Waals surface area contributed by atoms with Gasteiger partial charge in [-0.2, -0.15) is 0 Å². The third-order valence-electron chi connectivity index (χ3n) is 2.21. The van der Waals surface area contributed by atoms with E-state index >= 15 is 0 Å². The number of carbonyl (C=O) groups excluding carboxylic acids is 1. The molecule has 0 aliphatic rings. The predicted octanol–water partition coefficient (Wildman–Crippen LogP) is 1.46. The highest BCUT2D eigenvalue weighted by Crippen LogP contribution is 2.43. The zero-order chi connectivity index (χ0) is 13.0. The maximum atomic E-state index is 11.8. The average molecular weight is 260 g/mol. The molecule has 0 unspecified atom stereocenters. The highest BCUT2D eigenvalue weighted by molar-refractivity contribution is 6.34. The molecule has 17 heavy (non-hydrogen) atoms. The molecule has 0 aliphatic carbocycles. The summed E-state index contributed by atoms with van der Waals surface area (Å²) in [5.41, 5.74) is 0.0265. The maximum Gasteiger partial charge on any atom is 0.203 e. The van der Waals surface area contributed by atoms with Crippen molar-refractivity contribution in [2.45, 2.75) is 0 Å². The van der Waals surface area contributed by atoms with Crippen LogP contribution >= 0.6 is 11.6 Å². The van der Waals surface area contributed by atoms with E-state index in [0.717, 1.165) is 0 Å². The van der Waals surface area contributed by atoms with Gasteiger partial charge in [0.1, 0.15) is 0 Å². The highest BCUT2D eigenvalue weighted by Gasteiger charge is 2.22. The number of phenols is 1. The van der Waals surface area contributed by atoms with Crippen LogP contribution in [0.5, 0.6) is 17.2 Å². The van der Waals surface area contributed by atoms with Crippen LogP contribution < -0.4 is 14.8 Å². The van der Waals surface area contributed by atoms with Crippen molar-refractivity contribution in [3.63, 3.8) is 0 Å². The average Bonchev–Trinajstić information content (AvgIpc) is 2.28. The molecule has 0 spiro atoms. The molecule has 1 rings (SSSR count). The minimum absolute atomic E-state index is 0.0265. The summed E-state index contributed by atoms with van der Waals surface area (Å²) in [6, 6.07) is 1.43. The SMILES string of the molecule is CNCC(=O)c1c(Cl)cc(OC)c(OC)c1O. The van der Waals surface area contributed by atoms with Gasteiger partial charge in [-0.3, -0.25) is 4.79 Å². The Bertz CT molecular complexity index is 434. The fraction of sp³-hybridized carbons (Fsp3) is 0.364. The largest absolute Gasteiger partial charge is 0.504 e. The Labute approximate surface area is 104 Å². The second-order valence-electron chi connectivity index (χ2n) is 3.27. The van der Waals surface area contributed by atoms with Gasteiger partial charge in [0.15, 0.2) is 17.3 Å². The smallest absolute Gasteiger partial charge is 0.203 e. The Morgan fingerprint density at radius 1 is 1.47 bits per heavy atom. The van der Waals surface area contributed by atoms with E-state index in [4.69, 9.17) is 21.1 Å². The van der Waals surface area contributed by atoms with Gasteiger partial charge < -0.3 is 19.9 Å². The van der Waals surface area contributed by atoms with Crippen molar-refractivity contribution in [3.05, 3.63) is 16.7 Å². The molecule has 0 amide bonds. The number of hydrogen-bond donors (Lipinski definition) is 2. The lowest BCUT2D eigenvalue weighted by atomic mass is 10.1. The van der Waals surface area contributed by atoms with Gasteiger partial charge in [-0.1, -0.05) is 11.6 Å². The molecule has 0 bridgehead atoms. The van der Waals surface area contributed by atoms with Gasteiger partial charge in [-0.25, -0.2) is 0 Å². The number of halogens is 1. The van der Waals surface area contributed by atoms with Gasteiger partial charge in [0.25, 0.3) is 0 Å². The van der Waals surface area contributed by atoms with Crippen LogP contribution in [0.2, 0.25) is 5.02 Å². The van der Waals surface area contributed by atoms with Crippen LogP contribution in [-0.2, 0) is 0 Å². The van der Waals surface area contributed by atoms with E-state index in [1.165, 1.54) is 20.3 Å². The molecular weight excluding hydrogens is 246 g/mol. The molecule has 0 aromatic heterocycles. The van der Waals surface area contributed by atoms with Gasteiger partial charge in [0, 0.05) is 6.07 Å². The maximum absolute atomic E-state index is 11.8. The van der Waals surface area contributed by atoms with E-state index in [1.807, 2.05) is 0 Å². The van der Waals surface area contributed by atoms with Crippen molar-refractivity contribution in [1.29, 1.82) is 0 Å². The molecule has 0 saturated carbocycles. The summed E-state index contributed by atoms with van der Waals surface area (Å²) in [5, 5.41) is 12.8. The summed E-state index contributed by atoms with van der Waals surface area (Å²) in [7, 11) is 4.42. The first-order valence-corrected chi connectivity index (χ1v) is 5.25. The third-order valence-corrected chi connectivity index (χ3v) is 2.51. The van der Waals surface area contributed by atoms with E-state index in [1.54, 1.807) is 7.05 Å². The molecule has 6 heteroatoms. The van der Waals surface area contributed by atoms with Gasteiger partial charge in [-0.05, 0) is 7.05 Å². The number of Topliss-reactive ketones (excluding diaryl/α,β-unsaturated/α-hetero) is 1. The first kappa shape index (κ1) is 13.6. The Morgan fingerprint density at radius 2 is 2.12 bits per heavy atom. The normalized spacial score (nSPS) is 10.1. The van der Waals surface area contributed by atoms with E-state index in [2.05, 4.69) is 5.32 Å². The molecule has 0 fully saturated rings. The number of benzene rings is 1. The van der Waals surface area contributed by atoms with E-state index in [0.29, 0.717) is 0 Å². The summed E-state index contributed by atoms with van der Waals surface area (Å²) in [6.07, 6.45) is 0. The monoisotopic (exact) mass is 259 g/mol. The van der Waals surface area contributed by atoms with Crippen molar-refractivity contribution in [2.75, 3.05) is 27.8 Å². The number of phenolic OH excluding ortho intramolecular Hbond substituents is 1. The zero-order valence-electron chi connectivity index (χ0n) is 9.83. The van der Waals surface area contributed by atoms with Crippen LogP contribution in [0.3, 0.4) is 0 Å². The van der Waals surface area contributed by atoms with Crippen LogP contribution in [0, 0.1) is 0 Å². The number of likely N-dealkylation sites (N-methyl/N-ethyl adjacent to an activating group) is 1. The molecule has 5 nitrogen and oxygen atoms in total. The summed E-state index contributed by atoms with van der Waals surface area (Å²) in [4.78, 5) is 11.8. The summed E-state index contributed by atoms with van der Waals surface area (Å²) in [5.74, 6) is -0.264. The minimum Gasteiger partial charge on any atom is -0.504 e. The van der Waals surface area contributed by atoms with Crippen molar-refractivity contribution in [3.8, 4) is 17.2 Å². The van der Waals surface area contributed by atoms with E-state index in [9.17, 15) is 9.90 Å².